The van der Waals surface area contributed by atoms with Crippen molar-refractivity contribution in [2.24, 2.45) is 0 Å². The molecule has 0 radical (unpaired) electrons. The molecule has 0 saturated heterocycles. The molecule has 0 rings (SSSR count). The van der Waals surface area contributed by atoms with Crippen LogP contribution in [0.25, 0.3) is 0 Å². The van der Waals surface area contributed by atoms with E-state index in [-0.39, 0.29) is 25.4 Å². The average Bonchev–Trinajstić information content (AvgIpc) is 2.30. The van der Waals surface area contributed by atoms with Crippen molar-refractivity contribution < 1.29 is 20.1 Å². The van der Waals surface area contributed by atoms with E-state index in [9.17, 15) is 5.11 Å². The normalized spacial score (nSPS) is 17.1. The second-order valence-electron chi connectivity index (χ2n) is 4.11. The van der Waals surface area contributed by atoms with Crippen LogP contribution in [0.1, 0.15) is 27.2 Å². The highest BCUT2D eigenvalue weighted by molar-refractivity contribution is 4.82. The summed E-state index contributed by atoms with van der Waals surface area (Å²) in [6, 6.07) is -0.101. The molecule has 17 heavy (non-hydrogen) atoms. The van der Waals surface area contributed by atoms with Gasteiger partial charge in [0.05, 0.1) is 25.4 Å². The molecule has 0 aromatic carbocycles. The van der Waals surface area contributed by atoms with Gasteiger partial charge < -0.3 is 20.1 Å². The summed E-state index contributed by atoms with van der Waals surface area (Å²) in [7, 11) is 0. The minimum absolute atomic E-state index is 0.0201. The predicted octanol–water partition coefficient (Wildman–Crippen LogP) is -0.162. The first-order valence-electron chi connectivity index (χ1n) is 6.37. The third-order valence-corrected chi connectivity index (χ3v) is 2.97. The van der Waals surface area contributed by atoms with Crippen molar-refractivity contribution in [3.8, 4) is 0 Å². The summed E-state index contributed by atoms with van der Waals surface area (Å²) in [5, 5.41) is 28.2. The smallest absolute Gasteiger partial charge is 0.0953 e. The average molecular weight is 249 g/mol. The lowest BCUT2D eigenvalue weighted by atomic mass is 10.0. The second-order valence-corrected chi connectivity index (χ2v) is 4.11. The minimum atomic E-state index is -0.613. The summed E-state index contributed by atoms with van der Waals surface area (Å²) < 4.78 is 5.39. The lowest BCUT2D eigenvalue weighted by Crippen LogP contribution is -2.50. The van der Waals surface area contributed by atoms with E-state index in [1.165, 1.54) is 0 Å². The van der Waals surface area contributed by atoms with Gasteiger partial charge in [-0.2, -0.15) is 0 Å². The van der Waals surface area contributed by atoms with Crippen LogP contribution in [0.15, 0.2) is 0 Å². The monoisotopic (exact) mass is 249 g/mol. The summed E-state index contributed by atoms with van der Waals surface area (Å²) in [4.78, 5) is 1.90. The molecule has 0 heterocycles. The zero-order chi connectivity index (χ0) is 13.3. The van der Waals surface area contributed by atoms with Crippen LogP contribution in [0.5, 0.6) is 0 Å². The first-order valence-corrected chi connectivity index (χ1v) is 6.37. The number of aliphatic hydroxyl groups is 3. The third kappa shape index (κ3) is 5.79. The molecule has 0 amide bonds. The van der Waals surface area contributed by atoms with Crippen LogP contribution in [0.2, 0.25) is 0 Å². The predicted molar refractivity (Wildman–Crippen MR) is 66.9 cm³/mol. The van der Waals surface area contributed by atoms with E-state index >= 15 is 0 Å². The number of hydrogen-bond donors (Lipinski definition) is 3. The minimum Gasteiger partial charge on any atom is -0.395 e. The van der Waals surface area contributed by atoms with E-state index in [2.05, 4.69) is 0 Å². The molecule has 104 valence electrons. The van der Waals surface area contributed by atoms with E-state index in [4.69, 9.17) is 14.9 Å². The zero-order valence-corrected chi connectivity index (χ0v) is 11.2. The van der Waals surface area contributed by atoms with Gasteiger partial charge in [-0.3, -0.25) is 4.90 Å². The maximum atomic E-state index is 10.2. The van der Waals surface area contributed by atoms with Crippen LogP contribution < -0.4 is 0 Å². The van der Waals surface area contributed by atoms with Gasteiger partial charge in [0, 0.05) is 25.7 Å². The van der Waals surface area contributed by atoms with Gasteiger partial charge in [0.2, 0.25) is 0 Å². The maximum absolute atomic E-state index is 10.2. The van der Waals surface area contributed by atoms with Gasteiger partial charge in [0.15, 0.2) is 0 Å². The van der Waals surface area contributed by atoms with Crippen molar-refractivity contribution in [3.63, 3.8) is 0 Å². The Balaban J connectivity index is 4.51. The first kappa shape index (κ1) is 16.8. The molecule has 0 aromatic heterocycles. The van der Waals surface area contributed by atoms with E-state index in [0.717, 1.165) is 6.42 Å². The molecule has 3 N–H and O–H groups in total. The quantitative estimate of drug-likeness (QED) is 0.502. The van der Waals surface area contributed by atoms with Gasteiger partial charge in [-0.05, 0) is 20.3 Å². The second kappa shape index (κ2) is 9.79. The molecule has 0 bridgehead atoms. The van der Waals surface area contributed by atoms with Crippen molar-refractivity contribution in [1.29, 1.82) is 0 Å². The lowest BCUT2D eigenvalue weighted by Gasteiger charge is -2.35. The van der Waals surface area contributed by atoms with Crippen LogP contribution in [-0.4, -0.2) is 71.4 Å². The van der Waals surface area contributed by atoms with Crippen molar-refractivity contribution in [2.75, 3.05) is 32.9 Å². The van der Waals surface area contributed by atoms with Crippen LogP contribution in [0.4, 0.5) is 0 Å². The molecule has 5 nitrogen and oxygen atoms in total. The van der Waals surface area contributed by atoms with Gasteiger partial charge in [0.1, 0.15) is 0 Å². The zero-order valence-electron chi connectivity index (χ0n) is 11.2. The standard InChI is InChI=1S/C12H27NO4/c1-4-11(12(16)10(3)17-5-2)13(6-8-14)7-9-15/h10-12,14-16H,4-9H2,1-3H3/t10-,11?,12?/m0/s1. The van der Waals surface area contributed by atoms with Gasteiger partial charge in [-0.25, -0.2) is 0 Å². The van der Waals surface area contributed by atoms with Gasteiger partial charge in [0.25, 0.3) is 0 Å². The highest BCUT2D eigenvalue weighted by Gasteiger charge is 2.28. The molecular formula is C12H27NO4. The summed E-state index contributed by atoms with van der Waals surface area (Å²) in [5.74, 6) is 0. The molecule has 0 fully saturated rings. The van der Waals surface area contributed by atoms with Gasteiger partial charge in [-0.1, -0.05) is 6.92 Å². The number of nitrogens with zero attached hydrogens (tertiary/aromatic N) is 1. The topological polar surface area (TPSA) is 73.2 Å². The molecule has 0 saturated carbocycles. The number of ether oxygens (including phenoxy) is 1. The fourth-order valence-electron chi connectivity index (χ4n) is 2.09. The molecule has 5 heteroatoms. The number of rotatable bonds is 10. The van der Waals surface area contributed by atoms with E-state index in [0.29, 0.717) is 19.7 Å². The largest absolute Gasteiger partial charge is 0.395 e. The van der Waals surface area contributed by atoms with Crippen LogP contribution >= 0.6 is 0 Å². The molecule has 0 aliphatic carbocycles. The molecule has 0 aromatic rings. The maximum Gasteiger partial charge on any atom is 0.0953 e. The highest BCUT2D eigenvalue weighted by atomic mass is 16.5. The molecule has 3 atom stereocenters. The number of hydrogen-bond acceptors (Lipinski definition) is 5. The Morgan fingerprint density at radius 2 is 1.65 bits per heavy atom. The van der Waals surface area contributed by atoms with Crippen LogP contribution in [0.3, 0.4) is 0 Å². The summed E-state index contributed by atoms with van der Waals surface area (Å²) in [6.07, 6.45) is -0.110. The van der Waals surface area contributed by atoms with Gasteiger partial charge >= 0.3 is 0 Å². The lowest BCUT2D eigenvalue weighted by molar-refractivity contribution is -0.0676. The first-order chi connectivity index (χ1) is 8.12. The van der Waals surface area contributed by atoms with E-state index in [1.54, 1.807) is 0 Å². The summed E-state index contributed by atoms with van der Waals surface area (Å²) in [6.45, 7) is 7.22. The molecule has 0 aliphatic heterocycles. The summed E-state index contributed by atoms with van der Waals surface area (Å²) in [5.41, 5.74) is 0. The SMILES string of the molecule is CCO[C@@H](C)C(O)C(CC)N(CCO)CCO. The fourth-order valence-corrected chi connectivity index (χ4v) is 2.09. The van der Waals surface area contributed by atoms with Gasteiger partial charge in [-0.15, -0.1) is 0 Å². The molecule has 0 spiro atoms. The van der Waals surface area contributed by atoms with Crippen molar-refractivity contribution in [2.45, 2.75) is 45.4 Å². The Hall–Kier alpha value is -0.200. The highest BCUT2D eigenvalue weighted by Crippen LogP contribution is 2.14. The fraction of sp³-hybridized carbons (Fsp3) is 1.00. The Morgan fingerprint density at radius 1 is 1.12 bits per heavy atom. The summed E-state index contributed by atoms with van der Waals surface area (Å²) >= 11 is 0. The van der Waals surface area contributed by atoms with Crippen LogP contribution in [0, 0.1) is 0 Å². The Kier molecular flexibility index (Phi) is 9.68. The molecular weight excluding hydrogens is 222 g/mol. The Labute approximate surface area is 104 Å². The Bertz CT molecular complexity index is 174. The van der Waals surface area contributed by atoms with E-state index in [1.807, 2.05) is 25.7 Å². The number of aliphatic hydroxyl groups excluding tert-OH is 3. The van der Waals surface area contributed by atoms with Crippen molar-refractivity contribution in [1.82, 2.24) is 4.90 Å². The van der Waals surface area contributed by atoms with Crippen molar-refractivity contribution in [3.05, 3.63) is 0 Å². The molecule has 2 unspecified atom stereocenters. The third-order valence-electron chi connectivity index (χ3n) is 2.97. The van der Waals surface area contributed by atoms with Crippen molar-refractivity contribution >= 4 is 0 Å². The molecule has 0 aliphatic rings. The van der Waals surface area contributed by atoms with E-state index < -0.39 is 6.10 Å². The Morgan fingerprint density at radius 3 is 2.00 bits per heavy atom. The van der Waals surface area contributed by atoms with Crippen LogP contribution in [-0.2, 0) is 4.74 Å².